The zero-order valence-electron chi connectivity index (χ0n) is 12.1. The number of alkyl halides is 1. The van der Waals surface area contributed by atoms with Crippen molar-refractivity contribution in [2.45, 2.75) is 38.8 Å². The van der Waals surface area contributed by atoms with Gasteiger partial charge in [0.1, 0.15) is 6.17 Å². The van der Waals surface area contributed by atoms with Crippen molar-refractivity contribution in [1.29, 1.82) is 0 Å². The molecule has 1 N–H and O–H groups in total. The van der Waals surface area contributed by atoms with Crippen LogP contribution in [0, 0.1) is 0 Å². The Morgan fingerprint density at radius 3 is 2.75 bits per heavy atom. The number of anilines is 1. The van der Waals surface area contributed by atoms with E-state index >= 15 is 0 Å². The molecule has 1 aromatic rings. The number of aryl methyl sites for hydroxylation is 1. The van der Waals surface area contributed by atoms with Gasteiger partial charge in [-0.05, 0) is 30.9 Å². The highest BCUT2D eigenvalue weighted by Gasteiger charge is 2.18. The number of piperidine rings is 1. The molecule has 0 spiro atoms. The van der Waals surface area contributed by atoms with E-state index in [4.69, 9.17) is 0 Å². The molecular weight excluding hydrogens is 255 g/mol. The highest BCUT2D eigenvalue weighted by Crippen LogP contribution is 2.16. The molecular formula is C16H23FN2O. The molecule has 0 aromatic heterocycles. The van der Waals surface area contributed by atoms with Gasteiger partial charge in [-0.1, -0.05) is 25.1 Å². The van der Waals surface area contributed by atoms with E-state index in [0.717, 1.165) is 30.8 Å². The highest BCUT2D eigenvalue weighted by molar-refractivity contribution is 5.91. The highest BCUT2D eigenvalue weighted by atomic mass is 19.1. The maximum absolute atomic E-state index is 13.0. The van der Waals surface area contributed by atoms with Gasteiger partial charge in [0.15, 0.2) is 0 Å². The van der Waals surface area contributed by atoms with Gasteiger partial charge in [0.05, 0.1) is 0 Å². The minimum absolute atomic E-state index is 0.0354. The summed E-state index contributed by atoms with van der Waals surface area (Å²) in [4.78, 5) is 14.1. The van der Waals surface area contributed by atoms with E-state index in [1.807, 2.05) is 24.3 Å². The van der Waals surface area contributed by atoms with Gasteiger partial charge in [0, 0.05) is 31.7 Å². The van der Waals surface area contributed by atoms with E-state index in [-0.39, 0.29) is 5.91 Å². The first kappa shape index (κ1) is 15.0. The molecule has 4 heteroatoms. The smallest absolute Gasteiger partial charge is 0.225 e. The molecule has 110 valence electrons. The van der Waals surface area contributed by atoms with Crippen molar-refractivity contribution in [1.82, 2.24) is 4.90 Å². The number of hydrogen-bond donors (Lipinski definition) is 1. The first-order valence-corrected chi connectivity index (χ1v) is 7.43. The summed E-state index contributed by atoms with van der Waals surface area (Å²) in [7, 11) is 0. The molecule has 0 aliphatic carbocycles. The Bertz CT molecular complexity index is 442. The summed E-state index contributed by atoms with van der Waals surface area (Å²) >= 11 is 0. The number of nitrogens with zero attached hydrogens (tertiary/aromatic N) is 1. The topological polar surface area (TPSA) is 32.3 Å². The van der Waals surface area contributed by atoms with E-state index in [1.165, 1.54) is 0 Å². The van der Waals surface area contributed by atoms with Crippen LogP contribution < -0.4 is 5.32 Å². The predicted octanol–water partition coefficient (Wildman–Crippen LogP) is 3.01. The van der Waals surface area contributed by atoms with Crippen molar-refractivity contribution in [3.63, 3.8) is 0 Å². The van der Waals surface area contributed by atoms with Gasteiger partial charge in [-0.25, -0.2) is 4.39 Å². The van der Waals surface area contributed by atoms with Crippen LogP contribution in [0.2, 0.25) is 0 Å². The van der Waals surface area contributed by atoms with Crippen molar-refractivity contribution in [2.75, 3.05) is 25.0 Å². The lowest BCUT2D eigenvalue weighted by Crippen LogP contribution is -2.36. The van der Waals surface area contributed by atoms with Crippen LogP contribution in [-0.2, 0) is 11.2 Å². The number of para-hydroxylation sites is 1. The first-order chi connectivity index (χ1) is 9.69. The molecule has 1 aromatic carbocycles. The molecule has 0 atom stereocenters. The third-order valence-electron chi connectivity index (χ3n) is 3.84. The van der Waals surface area contributed by atoms with Crippen LogP contribution in [0.15, 0.2) is 24.3 Å². The minimum atomic E-state index is -0.656. The standard InChI is InChI=1S/C16H23FN2O/c1-2-13-5-3-4-6-15(13)18-16(20)9-12-19-10-7-14(17)8-11-19/h3-6,14H,2,7-12H2,1H3,(H,18,20). The molecule has 1 saturated heterocycles. The molecule has 0 saturated carbocycles. The monoisotopic (exact) mass is 278 g/mol. The van der Waals surface area contributed by atoms with E-state index in [1.54, 1.807) is 0 Å². The second-order valence-corrected chi connectivity index (χ2v) is 5.33. The maximum Gasteiger partial charge on any atom is 0.225 e. The zero-order chi connectivity index (χ0) is 14.4. The lowest BCUT2D eigenvalue weighted by molar-refractivity contribution is -0.116. The largest absolute Gasteiger partial charge is 0.326 e. The Hall–Kier alpha value is -1.42. The summed E-state index contributed by atoms with van der Waals surface area (Å²) in [5.41, 5.74) is 2.06. The minimum Gasteiger partial charge on any atom is -0.326 e. The molecule has 1 heterocycles. The molecule has 2 rings (SSSR count). The normalized spacial score (nSPS) is 17.1. The van der Waals surface area contributed by atoms with Crippen LogP contribution in [0.1, 0.15) is 31.7 Å². The first-order valence-electron chi connectivity index (χ1n) is 7.43. The van der Waals surface area contributed by atoms with Crippen molar-refractivity contribution < 1.29 is 9.18 Å². The van der Waals surface area contributed by atoms with Crippen LogP contribution in [0.25, 0.3) is 0 Å². The molecule has 0 unspecified atom stereocenters. The van der Waals surface area contributed by atoms with Gasteiger partial charge in [-0.2, -0.15) is 0 Å². The van der Waals surface area contributed by atoms with Crippen molar-refractivity contribution in [3.8, 4) is 0 Å². The van der Waals surface area contributed by atoms with Crippen molar-refractivity contribution in [2.24, 2.45) is 0 Å². The van der Waals surface area contributed by atoms with E-state index in [9.17, 15) is 9.18 Å². The molecule has 20 heavy (non-hydrogen) atoms. The van der Waals surface area contributed by atoms with Crippen LogP contribution in [0.4, 0.5) is 10.1 Å². The van der Waals surface area contributed by atoms with Gasteiger partial charge < -0.3 is 10.2 Å². The molecule has 0 radical (unpaired) electrons. The Morgan fingerprint density at radius 1 is 1.35 bits per heavy atom. The lowest BCUT2D eigenvalue weighted by Gasteiger charge is -2.28. The average molecular weight is 278 g/mol. The van der Waals surface area contributed by atoms with Crippen LogP contribution >= 0.6 is 0 Å². The van der Waals surface area contributed by atoms with Crippen molar-refractivity contribution in [3.05, 3.63) is 29.8 Å². The maximum atomic E-state index is 13.0. The van der Waals surface area contributed by atoms with Gasteiger partial charge >= 0.3 is 0 Å². The van der Waals surface area contributed by atoms with Gasteiger partial charge in [0.2, 0.25) is 5.91 Å². The fourth-order valence-electron chi connectivity index (χ4n) is 2.55. The number of rotatable bonds is 5. The number of benzene rings is 1. The number of nitrogens with one attached hydrogen (secondary N) is 1. The number of carbonyl (C=O) groups is 1. The third-order valence-corrected chi connectivity index (χ3v) is 3.84. The van der Waals surface area contributed by atoms with E-state index in [0.29, 0.717) is 25.8 Å². The van der Waals surface area contributed by atoms with E-state index in [2.05, 4.69) is 17.1 Å². The molecule has 1 amide bonds. The van der Waals surface area contributed by atoms with Crippen LogP contribution in [0.3, 0.4) is 0 Å². The summed E-state index contributed by atoms with van der Waals surface area (Å²) < 4.78 is 13.0. The molecule has 1 fully saturated rings. The summed E-state index contributed by atoms with van der Waals surface area (Å²) in [5, 5.41) is 2.97. The van der Waals surface area contributed by atoms with Gasteiger partial charge in [0.25, 0.3) is 0 Å². The van der Waals surface area contributed by atoms with E-state index < -0.39 is 6.17 Å². The predicted molar refractivity (Wildman–Crippen MR) is 79.6 cm³/mol. The Labute approximate surface area is 120 Å². The Balaban J connectivity index is 1.78. The molecule has 1 aliphatic heterocycles. The van der Waals surface area contributed by atoms with Crippen LogP contribution in [0.5, 0.6) is 0 Å². The number of carbonyl (C=O) groups excluding carboxylic acids is 1. The summed E-state index contributed by atoms with van der Waals surface area (Å²) in [6.07, 6.45) is 1.91. The summed E-state index contributed by atoms with van der Waals surface area (Å²) in [6, 6.07) is 7.88. The number of halogens is 1. The molecule has 1 aliphatic rings. The third kappa shape index (κ3) is 4.30. The number of hydrogen-bond acceptors (Lipinski definition) is 2. The number of likely N-dealkylation sites (tertiary alicyclic amines) is 1. The second-order valence-electron chi connectivity index (χ2n) is 5.33. The summed E-state index contributed by atoms with van der Waals surface area (Å²) in [6.45, 7) is 4.32. The average Bonchev–Trinajstić information content (AvgIpc) is 2.47. The van der Waals surface area contributed by atoms with Gasteiger partial charge in [-0.3, -0.25) is 4.79 Å². The number of amides is 1. The quantitative estimate of drug-likeness (QED) is 0.898. The van der Waals surface area contributed by atoms with Gasteiger partial charge in [-0.15, -0.1) is 0 Å². The zero-order valence-corrected chi connectivity index (χ0v) is 12.1. The Morgan fingerprint density at radius 2 is 2.05 bits per heavy atom. The summed E-state index contributed by atoms with van der Waals surface area (Å²) in [5.74, 6) is 0.0354. The molecule has 3 nitrogen and oxygen atoms in total. The fourth-order valence-corrected chi connectivity index (χ4v) is 2.55. The fraction of sp³-hybridized carbons (Fsp3) is 0.562. The Kier molecular flexibility index (Phi) is 5.53. The second kappa shape index (κ2) is 7.39. The lowest BCUT2D eigenvalue weighted by atomic mass is 10.1. The SMILES string of the molecule is CCc1ccccc1NC(=O)CCN1CCC(F)CC1. The van der Waals surface area contributed by atoms with Crippen LogP contribution in [-0.4, -0.2) is 36.6 Å². The van der Waals surface area contributed by atoms with Crippen molar-refractivity contribution >= 4 is 11.6 Å². The molecule has 0 bridgehead atoms.